The Morgan fingerprint density at radius 2 is 2.16 bits per heavy atom. The van der Waals surface area contributed by atoms with Crippen molar-refractivity contribution >= 4 is 5.91 Å². The highest BCUT2D eigenvalue weighted by Crippen LogP contribution is 2.30. The van der Waals surface area contributed by atoms with Crippen LogP contribution in [0.1, 0.15) is 22.5 Å². The number of methoxy groups -OCH3 is 1. The van der Waals surface area contributed by atoms with Crippen LogP contribution in [0.15, 0.2) is 41.0 Å². The van der Waals surface area contributed by atoms with Crippen molar-refractivity contribution in [2.45, 2.75) is 19.6 Å². The van der Waals surface area contributed by atoms with Crippen LogP contribution >= 0.6 is 0 Å². The van der Waals surface area contributed by atoms with Crippen LogP contribution in [0.4, 0.5) is 8.78 Å². The number of carbonyl (C=O) groups is 1. The smallest absolute Gasteiger partial charge is 0.387 e. The van der Waals surface area contributed by atoms with E-state index in [1.54, 1.807) is 12.1 Å². The third-order valence-electron chi connectivity index (χ3n) is 3.33. The first-order valence-corrected chi connectivity index (χ1v) is 7.36. The van der Waals surface area contributed by atoms with Crippen molar-refractivity contribution in [3.8, 4) is 17.6 Å². The molecule has 2 rings (SSSR count). The molecule has 0 aliphatic carbocycles. The molecule has 25 heavy (non-hydrogen) atoms. The lowest BCUT2D eigenvalue weighted by Crippen LogP contribution is -2.31. The lowest BCUT2D eigenvalue weighted by Gasteiger charge is -2.21. The summed E-state index contributed by atoms with van der Waals surface area (Å²) in [6, 6.07) is 9.33. The summed E-state index contributed by atoms with van der Waals surface area (Å²) in [5.41, 5.74) is 0.225. The fourth-order valence-corrected chi connectivity index (χ4v) is 2.20. The molecule has 0 fully saturated rings. The van der Waals surface area contributed by atoms with Gasteiger partial charge in [0.05, 0.1) is 32.4 Å². The third-order valence-corrected chi connectivity index (χ3v) is 3.33. The maximum Gasteiger partial charge on any atom is 0.387 e. The number of furan rings is 1. The van der Waals surface area contributed by atoms with Gasteiger partial charge in [0, 0.05) is 12.1 Å². The summed E-state index contributed by atoms with van der Waals surface area (Å²) < 4.78 is 39.3. The Balaban J connectivity index is 2.23. The Bertz CT molecular complexity index is 742. The highest BCUT2D eigenvalue weighted by atomic mass is 19.3. The molecular weight excluding hydrogens is 334 g/mol. The number of carbonyl (C=O) groups excluding carboxylic acids is 1. The van der Waals surface area contributed by atoms with E-state index in [0.717, 1.165) is 0 Å². The van der Waals surface area contributed by atoms with Crippen molar-refractivity contribution < 1.29 is 27.5 Å². The topological polar surface area (TPSA) is 75.7 Å². The number of benzene rings is 1. The van der Waals surface area contributed by atoms with Gasteiger partial charge in [0.1, 0.15) is 5.76 Å². The van der Waals surface area contributed by atoms with E-state index in [1.165, 1.54) is 36.5 Å². The maximum absolute atomic E-state index is 12.7. The molecule has 2 aromatic rings. The van der Waals surface area contributed by atoms with Crippen molar-refractivity contribution in [1.29, 1.82) is 5.26 Å². The second-order valence-electron chi connectivity index (χ2n) is 4.96. The SMILES string of the molecule is COc1cc(C(=O)N(CCC#N)Cc2ccco2)ccc1OC(F)F. The Hall–Kier alpha value is -3.08. The van der Waals surface area contributed by atoms with Gasteiger partial charge in [0.15, 0.2) is 11.5 Å². The van der Waals surface area contributed by atoms with Gasteiger partial charge < -0.3 is 18.8 Å². The number of halogens is 2. The second-order valence-corrected chi connectivity index (χ2v) is 4.96. The van der Waals surface area contributed by atoms with Crippen LogP contribution in [0.5, 0.6) is 11.5 Å². The van der Waals surface area contributed by atoms with E-state index >= 15 is 0 Å². The van der Waals surface area contributed by atoms with E-state index in [2.05, 4.69) is 4.74 Å². The van der Waals surface area contributed by atoms with Crippen LogP contribution in [-0.2, 0) is 6.54 Å². The van der Waals surface area contributed by atoms with Crippen LogP contribution in [-0.4, -0.2) is 31.1 Å². The average Bonchev–Trinajstić information content (AvgIpc) is 3.11. The van der Waals surface area contributed by atoms with Gasteiger partial charge in [-0.25, -0.2) is 0 Å². The first kappa shape index (κ1) is 18.3. The Morgan fingerprint density at radius 1 is 1.36 bits per heavy atom. The molecule has 0 aliphatic heterocycles. The molecule has 0 atom stereocenters. The lowest BCUT2D eigenvalue weighted by atomic mass is 10.1. The molecule has 1 aromatic carbocycles. The molecule has 1 aromatic heterocycles. The molecule has 1 amide bonds. The Labute approximate surface area is 143 Å². The van der Waals surface area contributed by atoms with E-state index in [1.807, 2.05) is 6.07 Å². The quantitative estimate of drug-likeness (QED) is 0.729. The lowest BCUT2D eigenvalue weighted by molar-refractivity contribution is -0.0512. The predicted octanol–water partition coefficient (Wildman–Crippen LogP) is 3.45. The van der Waals surface area contributed by atoms with Crippen molar-refractivity contribution in [3.05, 3.63) is 47.9 Å². The van der Waals surface area contributed by atoms with Crippen LogP contribution in [0.3, 0.4) is 0 Å². The summed E-state index contributed by atoms with van der Waals surface area (Å²) in [5, 5.41) is 8.78. The van der Waals surface area contributed by atoms with Gasteiger partial charge in [-0.15, -0.1) is 0 Å². The van der Waals surface area contributed by atoms with Crippen molar-refractivity contribution in [2.24, 2.45) is 0 Å². The molecule has 0 aliphatic rings. The van der Waals surface area contributed by atoms with Crippen LogP contribution in [0.2, 0.25) is 0 Å². The average molecular weight is 350 g/mol. The molecule has 0 saturated carbocycles. The van der Waals surface area contributed by atoms with Crippen molar-refractivity contribution in [1.82, 2.24) is 4.90 Å². The zero-order valence-corrected chi connectivity index (χ0v) is 13.4. The van der Waals surface area contributed by atoms with Crippen LogP contribution in [0, 0.1) is 11.3 Å². The molecule has 0 radical (unpaired) electrons. The first-order valence-electron chi connectivity index (χ1n) is 7.36. The van der Waals surface area contributed by atoms with Gasteiger partial charge in [-0.1, -0.05) is 0 Å². The zero-order chi connectivity index (χ0) is 18.2. The fourth-order valence-electron chi connectivity index (χ4n) is 2.20. The molecule has 132 valence electrons. The number of nitrogens with zero attached hydrogens (tertiary/aromatic N) is 2. The number of hydrogen-bond acceptors (Lipinski definition) is 5. The van der Waals surface area contributed by atoms with E-state index in [9.17, 15) is 13.6 Å². The second kappa shape index (κ2) is 8.68. The van der Waals surface area contributed by atoms with Crippen molar-refractivity contribution in [2.75, 3.05) is 13.7 Å². The molecule has 6 nitrogen and oxygen atoms in total. The summed E-state index contributed by atoms with van der Waals surface area (Å²) in [5.74, 6) is 0.0393. The van der Waals surface area contributed by atoms with Crippen LogP contribution in [0.25, 0.3) is 0 Å². The van der Waals surface area contributed by atoms with Gasteiger partial charge in [0.2, 0.25) is 0 Å². The number of rotatable bonds is 8. The van der Waals surface area contributed by atoms with E-state index in [0.29, 0.717) is 5.76 Å². The van der Waals surface area contributed by atoms with Crippen molar-refractivity contribution in [3.63, 3.8) is 0 Å². The molecule has 8 heteroatoms. The minimum atomic E-state index is -3.00. The Kier molecular flexibility index (Phi) is 6.34. The normalized spacial score (nSPS) is 10.4. The molecule has 0 spiro atoms. The zero-order valence-electron chi connectivity index (χ0n) is 13.4. The standard InChI is InChI=1S/C17H16F2N2O4/c1-23-15-10-12(5-6-14(15)25-17(18)19)16(22)21(8-3-7-20)11-13-4-2-9-24-13/h2,4-6,9-10,17H,3,8,11H2,1H3. The summed E-state index contributed by atoms with van der Waals surface area (Å²) in [4.78, 5) is 14.1. The van der Waals surface area contributed by atoms with Gasteiger partial charge in [-0.2, -0.15) is 14.0 Å². The van der Waals surface area contributed by atoms with Crippen LogP contribution < -0.4 is 9.47 Å². The monoisotopic (exact) mass is 350 g/mol. The van der Waals surface area contributed by atoms with E-state index < -0.39 is 6.61 Å². The number of nitriles is 1. The summed E-state index contributed by atoms with van der Waals surface area (Å²) in [6.45, 7) is -2.61. The molecule has 0 bridgehead atoms. The summed E-state index contributed by atoms with van der Waals surface area (Å²) in [6.07, 6.45) is 1.64. The molecule has 1 heterocycles. The number of amides is 1. The molecule has 0 saturated heterocycles. The largest absolute Gasteiger partial charge is 0.493 e. The Morgan fingerprint density at radius 3 is 2.76 bits per heavy atom. The third kappa shape index (κ3) is 4.94. The highest BCUT2D eigenvalue weighted by molar-refractivity contribution is 5.94. The minimum Gasteiger partial charge on any atom is -0.493 e. The van der Waals surface area contributed by atoms with Gasteiger partial charge >= 0.3 is 6.61 Å². The maximum atomic E-state index is 12.7. The van der Waals surface area contributed by atoms with E-state index in [4.69, 9.17) is 14.4 Å². The minimum absolute atomic E-state index is 0.0179. The predicted molar refractivity (Wildman–Crippen MR) is 83.3 cm³/mol. The summed E-state index contributed by atoms with van der Waals surface area (Å²) >= 11 is 0. The first-order chi connectivity index (χ1) is 12.0. The molecule has 0 N–H and O–H groups in total. The number of hydrogen-bond donors (Lipinski definition) is 0. The number of alkyl halides is 2. The number of ether oxygens (including phenoxy) is 2. The molecule has 0 unspecified atom stereocenters. The van der Waals surface area contributed by atoms with Gasteiger partial charge in [0.25, 0.3) is 5.91 Å². The fraction of sp³-hybridized carbons (Fsp3) is 0.294. The van der Waals surface area contributed by atoms with E-state index in [-0.39, 0.29) is 42.5 Å². The van der Waals surface area contributed by atoms with Gasteiger partial charge in [-0.3, -0.25) is 4.79 Å². The van der Waals surface area contributed by atoms with Gasteiger partial charge in [-0.05, 0) is 30.3 Å². The molecular formula is C17H16F2N2O4. The summed E-state index contributed by atoms with van der Waals surface area (Å²) in [7, 11) is 1.29. The highest BCUT2D eigenvalue weighted by Gasteiger charge is 2.20.